The zero-order valence-electron chi connectivity index (χ0n) is 13.1. The Bertz CT molecular complexity index is 791. The van der Waals surface area contributed by atoms with Gasteiger partial charge < -0.3 is 14.6 Å². The van der Waals surface area contributed by atoms with Crippen molar-refractivity contribution in [3.8, 4) is 5.88 Å². The number of aliphatic hydroxyl groups is 1. The molecule has 4 heterocycles. The number of rotatable bonds is 5. The molecule has 0 radical (unpaired) electrons. The van der Waals surface area contributed by atoms with E-state index in [9.17, 15) is 5.11 Å². The van der Waals surface area contributed by atoms with Crippen LogP contribution in [0, 0.1) is 0 Å². The summed E-state index contributed by atoms with van der Waals surface area (Å²) in [5.41, 5.74) is 0. The zero-order valence-corrected chi connectivity index (χ0v) is 13.9. The van der Waals surface area contributed by atoms with Crippen molar-refractivity contribution in [2.75, 3.05) is 39.3 Å². The van der Waals surface area contributed by atoms with Gasteiger partial charge in [-0.2, -0.15) is 9.61 Å². The molecule has 1 saturated heterocycles. The molecule has 0 aromatic carbocycles. The summed E-state index contributed by atoms with van der Waals surface area (Å²) in [6, 6.07) is 3.63. The molecule has 1 atom stereocenters. The van der Waals surface area contributed by atoms with Crippen LogP contribution in [0.4, 0.5) is 0 Å². The molecule has 1 aliphatic rings. The molecular weight excluding hydrogens is 330 g/mol. The summed E-state index contributed by atoms with van der Waals surface area (Å²) in [6.45, 7) is 4.28. The number of thiazole rings is 1. The van der Waals surface area contributed by atoms with Crippen LogP contribution < -0.4 is 0 Å². The molecule has 0 aliphatic carbocycles. The van der Waals surface area contributed by atoms with E-state index in [0.29, 0.717) is 11.5 Å². The van der Waals surface area contributed by atoms with Gasteiger partial charge in [-0.1, -0.05) is 11.3 Å². The highest BCUT2D eigenvalue weighted by Crippen LogP contribution is 2.40. The van der Waals surface area contributed by atoms with Crippen molar-refractivity contribution in [3.63, 3.8) is 0 Å². The molecule has 9 heteroatoms. The number of aromatic nitrogens is 3. The maximum absolute atomic E-state index is 10.6. The van der Waals surface area contributed by atoms with E-state index in [1.807, 2.05) is 12.1 Å². The lowest BCUT2D eigenvalue weighted by molar-refractivity contribution is 0.0883. The van der Waals surface area contributed by atoms with Gasteiger partial charge in [-0.25, -0.2) is 4.98 Å². The van der Waals surface area contributed by atoms with Crippen LogP contribution in [-0.2, 0) is 0 Å². The molecule has 0 bridgehead atoms. The smallest absolute Gasteiger partial charge is 0.230 e. The predicted molar refractivity (Wildman–Crippen MR) is 88.2 cm³/mol. The number of hydrogen-bond donors (Lipinski definition) is 2. The van der Waals surface area contributed by atoms with Crippen molar-refractivity contribution in [2.24, 2.45) is 0 Å². The second-order valence-corrected chi connectivity index (χ2v) is 6.77. The average molecular weight is 349 g/mol. The van der Waals surface area contributed by atoms with Gasteiger partial charge in [0.25, 0.3) is 0 Å². The van der Waals surface area contributed by atoms with Gasteiger partial charge in [-0.05, 0) is 12.1 Å². The van der Waals surface area contributed by atoms with E-state index in [-0.39, 0.29) is 18.5 Å². The Morgan fingerprint density at radius 2 is 2.12 bits per heavy atom. The molecule has 1 fully saturated rings. The van der Waals surface area contributed by atoms with E-state index in [0.717, 1.165) is 36.8 Å². The standard InChI is InChI=1S/C15H19N5O3S/c21-8-7-18-3-5-19(6-4-18)12(11-2-1-9-23-11)13-14(22)20-15(24-13)16-10-17-20/h1-2,9-10,12,21-22H,3-8H2/t12-/m0/s1. The summed E-state index contributed by atoms with van der Waals surface area (Å²) in [7, 11) is 0. The summed E-state index contributed by atoms with van der Waals surface area (Å²) >= 11 is 1.43. The molecule has 4 rings (SSSR count). The molecular formula is C15H19N5O3S. The SMILES string of the molecule is OCCN1CCN([C@@H](c2ccco2)c2sc3ncnn3c2O)CC1. The molecule has 0 amide bonds. The van der Waals surface area contributed by atoms with Gasteiger partial charge in [-0.3, -0.25) is 9.80 Å². The van der Waals surface area contributed by atoms with Crippen molar-refractivity contribution in [3.05, 3.63) is 35.4 Å². The van der Waals surface area contributed by atoms with E-state index in [2.05, 4.69) is 19.9 Å². The number of fused-ring (bicyclic) bond motifs is 1. The average Bonchev–Trinajstić information content (AvgIpc) is 3.31. The number of nitrogens with zero attached hydrogens (tertiary/aromatic N) is 5. The summed E-state index contributed by atoms with van der Waals surface area (Å²) in [5, 5.41) is 23.7. The van der Waals surface area contributed by atoms with Gasteiger partial charge in [0.15, 0.2) is 0 Å². The Morgan fingerprint density at radius 1 is 1.29 bits per heavy atom. The van der Waals surface area contributed by atoms with Crippen molar-refractivity contribution in [2.45, 2.75) is 6.04 Å². The molecule has 0 spiro atoms. The fourth-order valence-electron chi connectivity index (χ4n) is 3.18. The minimum Gasteiger partial charge on any atom is -0.492 e. The highest BCUT2D eigenvalue weighted by Gasteiger charge is 2.32. The molecule has 3 aromatic heterocycles. The third-order valence-electron chi connectivity index (χ3n) is 4.39. The third-order valence-corrected chi connectivity index (χ3v) is 5.47. The van der Waals surface area contributed by atoms with Gasteiger partial charge in [0.05, 0.1) is 17.7 Å². The summed E-state index contributed by atoms with van der Waals surface area (Å²) in [6.07, 6.45) is 3.09. The quantitative estimate of drug-likeness (QED) is 0.704. The maximum atomic E-state index is 10.6. The largest absolute Gasteiger partial charge is 0.492 e. The summed E-state index contributed by atoms with van der Waals surface area (Å²) in [5.74, 6) is 0.914. The van der Waals surface area contributed by atoms with Crippen LogP contribution in [-0.4, -0.2) is 73.9 Å². The first-order valence-corrected chi connectivity index (χ1v) is 8.71. The monoisotopic (exact) mass is 349 g/mol. The molecule has 3 aromatic rings. The van der Waals surface area contributed by atoms with Gasteiger partial charge in [0, 0.05) is 32.7 Å². The number of hydrogen-bond acceptors (Lipinski definition) is 8. The van der Waals surface area contributed by atoms with Crippen molar-refractivity contribution in [1.29, 1.82) is 0 Å². The highest BCUT2D eigenvalue weighted by atomic mass is 32.1. The minimum absolute atomic E-state index is 0.117. The fourth-order valence-corrected chi connectivity index (χ4v) is 4.25. The Hall–Kier alpha value is -1.94. The van der Waals surface area contributed by atoms with Gasteiger partial charge >= 0.3 is 0 Å². The van der Waals surface area contributed by atoms with E-state index in [1.54, 1.807) is 6.26 Å². The number of aromatic hydroxyl groups is 1. The second-order valence-electron chi connectivity index (χ2n) is 5.76. The van der Waals surface area contributed by atoms with Crippen LogP contribution in [0.2, 0.25) is 0 Å². The second kappa shape index (κ2) is 6.52. The predicted octanol–water partition coefficient (Wildman–Crippen LogP) is 0.789. The fraction of sp³-hybridized carbons (Fsp3) is 0.467. The molecule has 2 N–H and O–H groups in total. The molecule has 0 unspecified atom stereocenters. The first-order chi connectivity index (χ1) is 11.8. The van der Waals surface area contributed by atoms with Crippen LogP contribution in [0.5, 0.6) is 5.88 Å². The first kappa shape index (κ1) is 15.6. The lowest BCUT2D eigenvalue weighted by Crippen LogP contribution is -2.48. The lowest BCUT2D eigenvalue weighted by Gasteiger charge is -2.37. The molecule has 1 aliphatic heterocycles. The van der Waals surface area contributed by atoms with Crippen LogP contribution in [0.25, 0.3) is 4.96 Å². The Labute approximate surface area is 142 Å². The highest BCUT2D eigenvalue weighted by molar-refractivity contribution is 7.17. The summed E-state index contributed by atoms with van der Waals surface area (Å²) in [4.78, 5) is 10.1. The normalized spacial score (nSPS) is 18.4. The van der Waals surface area contributed by atoms with E-state index in [1.165, 1.54) is 22.2 Å². The third kappa shape index (κ3) is 2.69. The van der Waals surface area contributed by atoms with Crippen LogP contribution >= 0.6 is 11.3 Å². The number of piperazine rings is 1. The van der Waals surface area contributed by atoms with Crippen molar-refractivity contribution >= 4 is 16.3 Å². The van der Waals surface area contributed by atoms with Crippen LogP contribution in [0.3, 0.4) is 0 Å². The van der Waals surface area contributed by atoms with E-state index >= 15 is 0 Å². The van der Waals surface area contributed by atoms with Gasteiger partial charge in [-0.15, -0.1) is 0 Å². The number of β-amino-alcohol motifs (C(OH)–C–C–N with tert-alkyl or cyclic N) is 1. The van der Waals surface area contributed by atoms with Crippen LogP contribution in [0.15, 0.2) is 29.1 Å². The maximum Gasteiger partial charge on any atom is 0.230 e. The summed E-state index contributed by atoms with van der Waals surface area (Å²) < 4.78 is 7.11. The van der Waals surface area contributed by atoms with Crippen molar-refractivity contribution in [1.82, 2.24) is 24.4 Å². The lowest BCUT2D eigenvalue weighted by atomic mass is 10.1. The Morgan fingerprint density at radius 3 is 2.79 bits per heavy atom. The zero-order chi connectivity index (χ0) is 16.5. The number of aliphatic hydroxyl groups excluding tert-OH is 1. The van der Waals surface area contributed by atoms with E-state index < -0.39 is 0 Å². The first-order valence-electron chi connectivity index (χ1n) is 7.90. The Kier molecular flexibility index (Phi) is 4.23. The molecule has 0 saturated carbocycles. The van der Waals surface area contributed by atoms with Crippen molar-refractivity contribution < 1.29 is 14.6 Å². The topological polar surface area (TPSA) is 90.3 Å². The number of furan rings is 1. The Balaban J connectivity index is 1.66. The van der Waals surface area contributed by atoms with Crippen LogP contribution in [0.1, 0.15) is 16.7 Å². The molecule has 24 heavy (non-hydrogen) atoms. The molecule has 8 nitrogen and oxygen atoms in total. The minimum atomic E-state index is -0.162. The van der Waals surface area contributed by atoms with Gasteiger partial charge in [0.1, 0.15) is 18.1 Å². The van der Waals surface area contributed by atoms with E-state index in [4.69, 9.17) is 9.52 Å². The molecule has 128 valence electrons. The van der Waals surface area contributed by atoms with Gasteiger partial charge in [0.2, 0.25) is 10.8 Å².